The van der Waals surface area contributed by atoms with Crippen LogP contribution in [0.4, 0.5) is 13.2 Å². The smallest absolute Gasteiger partial charge is 0.133 e. The van der Waals surface area contributed by atoms with E-state index < -0.39 is 23.3 Å². The quantitative estimate of drug-likeness (QED) is 0.640. The minimum absolute atomic E-state index is 0.0282. The number of hydrogen-bond donors (Lipinski definition) is 2. The van der Waals surface area contributed by atoms with Gasteiger partial charge in [0.05, 0.1) is 11.7 Å². The molecular weight excluding hydrogens is 375 g/mol. The van der Waals surface area contributed by atoms with Crippen LogP contribution in [0, 0.1) is 18.6 Å². The maximum absolute atomic E-state index is 14.9. The molecule has 156 valence electrons. The zero-order chi connectivity index (χ0) is 21.3. The Balaban J connectivity index is 1.89. The minimum Gasteiger partial charge on any atom is -0.386 e. The Bertz CT molecular complexity index is 932. The molecule has 0 saturated heterocycles. The summed E-state index contributed by atoms with van der Waals surface area (Å²) >= 11 is 0. The SMILES string of the molecule is CC[C@H]1CC(NC(C)c2cc(F)c(-c3cc(C(C)(C)F)cc(C)n3)cc2F)=CN1. The Hall–Kier alpha value is -2.50. The molecule has 0 spiro atoms. The van der Waals surface area contributed by atoms with E-state index in [0.717, 1.165) is 24.6 Å². The molecule has 0 aliphatic carbocycles. The predicted octanol–water partition coefficient (Wildman–Crippen LogP) is 5.80. The van der Waals surface area contributed by atoms with Crippen LogP contribution >= 0.6 is 0 Å². The Labute approximate surface area is 170 Å². The van der Waals surface area contributed by atoms with Gasteiger partial charge in [-0.25, -0.2) is 13.2 Å². The van der Waals surface area contributed by atoms with Crippen LogP contribution in [0.3, 0.4) is 0 Å². The van der Waals surface area contributed by atoms with Gasteiger partial charge in [0, 0.05) is 41.2 Å². The Morgan fingerprint density at radius 3 is 2.55 bits per heavy atom. The number of halogens is 3. The van der Waals surface area contributed by atoms with E-state index in [4.69, 9.17) is 0 Å². The lowest BCUT2D eigenvalue weighted by Crippen LogP contribution is -2.20. The second-order valence-corrected chi connectivity index (χ2v) is 8.22. The minimum atomic E-state index is -1.60. The van der Waals surface area contributed by atoms with Crippen LogP contribution in [0.1, 0.15) is 63.4 Å². The van der Waals surface area contributed by atoms with Crippen molar-refractivity contribution in [1.29, 1.82) is 0 Å². The number of hydrogen-bond acceptors (Lipinski definition) is 3. The largest absolute Gasteiger partial charge is 0.386 e. The molecule has 6 heteroatoms. The number of aromatic nitrogens is 1. The van der Waals surface area contributed by atoms with E-state index in [1.54, 1.807) is 19.9 Å². The highest BCUT2D eigenvalue weighted by Crippen LogP contribution is 2.32. The van der Waals surface area contributed by atoms with Gasteiger partial charge in [-0.3, -0.25) is 4.98 Å². The van der Waals surface area contributed by atoms with Crippen molar-refractivity contribution >= 4 is 0 Å². The topological polar surface area (TPSA) is 37.0 Å². The molecule has 0 bridgehead atoms. The molecule has 0 radical (unpaired) electrons. The molecule has 1 aliphatic heterocycles. The van der Waals surface area contributed by atoms with Gasteiger partial charge in [0.25, 0.3) is 0 Å². The van der Waals surface area contributed by atoms with Gasteiger partial charge in [0.15, 0.2) is 0 Å². The van der Waals surface area contributed by atoms with Gasteiger partial charge in [0.1, 0.15) is 17.3 Å². The fraction of sp³-hybridized carbons (Fsp3) is 0.435. The average molecular weight is 403 g/mol. The summed E-state index contributed by atoms with van der Waals surface area (Å²) in [5.41, 5.74) is 0.797. The summed E-state index contributed by atoms with van der Waals surface area (Å²) in [4.78, 5) is 4.29. The third kappa shape index (κ3) is 4.74. The highest BCUT2D eigenvalue weighted by Gasteiger charge is 2.23. The van der Waals surface area contributed by atoms with Crippen molar-refractivity contribution in [1.82, 2.24) is 15.6 Å². The normalized spacial score (nSPS) is 17.7. The van der Waals surface area contributed by atoms with E-state index in [9.17, 15) is 13.2 Å². The van der Waals surface area contributed by atoms with Gasteiger partial charge >= 0.3 is 0 Å². The number of rotatable bonds is 6. The van der Waals surface area contributed by atoms with Crippen LogP contribution in [0.2, 0.25) is 0 Å². The van der Waals surface area contributed by atoms with Gasteiger partial charge in [-0.2, -0.15) is 0 Å². The molecule has 2 aromatic rings. The third-order valence-corrected chi connectivity index (χ3v) is 5.32. The molecule has 0 fully saturated rings. The van der Waals surface area contributed by atoms with E-state index in [1.807, 2.05) is 6.20 Å². The summed E-state index contributed by atoms with van der Waals surface area (Å²) in [6, 6.07) is 5.42. The van der Waals surface area contributed by atoms with Crippen LogP contribution in [0.15, 0.2) is 36.2 Å². The zero-order valence-corrected chi connectivity index (χ0v) is 17.5. The first-order valence-electron chi connectivity index (χ1n) is 9.97. The molecule has 2 N–H and O–H groups in total. The van der Waals surface area contributed by atoms with Crippen LogP contribution < -0.4 is 10.6 Å². The molecule has 1 aliphatic rings. The van der Waals surface area contributed by atoms with E-state index in [2.05, 4.69) is 22.5 Å². The molecular formula is C23H28F3N3. The first kappa shape index (κ1) is 21.2. The number of nitrogens with zero attached hydrogens (tertiary/aromatic N) is 1. The van der Waals surface area contributed by atoms with E-state index in [1.165, 1.54) is 26.0 Å². The van der Waals surface area contributed by atoms with E-state index in [-0.39, 0.29) is 16.8 Å². The molecule has 1 aromatic heterocycles. The maximum Gasteiger partial charge on any atom is 0.133 e. The van der Waals surface area contributed by atoms with Gasteiger partial charge in [-0.1, -0.05) is 6.92 Å². The summed E-state index contributed by atoms with van der Waals surface area (Å²) in [5, 5.41) is 6.51. The summed E-state index contributed by atoms with van der Waals surface area (Å²) in [7, 11) is 0. The molecule has 2 heterocycles. The first-order chi connectivity index (χ1) is 13.6. The van der Waals surface area contributed by atoms with Crippen molar-refractivity contribution in [2.45, 2.75) is 65.2 Å². The Morgan fingerprint density at radius 2 is 1.93 bits per heavy atom. The van der Waals surface area contributed by atoms with Gasteiger partial charge in [-0.05, 0) is 63.9 Å². The number of aryl methyl sites for hydroxylation is 1. The van der Waals surface area contributed by atoms with Crippen molar-refractivity contribution in [3.8, 4) is 11.3 Å². The van der Waals surface area contributed by atoms with E-state index >= 15 is 0 Å². The summed E-state index contributed by atoms with van der Waals surface area (Å²) in [5.74, 6) is -1.11. The number of benzene rings is 1. The number of pyridine rings is 1. The molecule has 1 aromatic carbocycles. The predicted molar refractivity (Wildman–Crippen MR) is 110 cm³/mol. The van der Waals surface area contributed by atoms with Crippen LogP contribution in [0.25, 0.3) is 11.3 Å². The molecule has 29 heavy (non-hydrogen) atoms. The highest BCUT2D eigenvalue weighted by atomic mass is 19.1. The summed E-state index contributed by atoms with van der Waals surface area (Å²) < 4.78 is 44.2. The Morgan fingerprint density at radius 1 is 1.21 bits per heavy atom. The summed E-state index contributed by atoms with van der Waals surface area (Å²) in [6.07, 6.45) is 3.72. The lowest BCUT2D eigenvalue weighted by molar-refractivity contribution is 0.221. The van der Waals surface area contributed by atoms with Crippen molar-refractivity contribution in [3.05, 3.63) is 64.6 Å². The van der Waals surface area contributed by atoms with E-state index in [0.29, 0.717) is 17.3 Å². The lowest BCUT2D eigenvalue weighted by atomic mass is 9.96. The maximum atomic E-state index is 14.9. The standard InChI is InChI=1S/C23H28F3N3/c1-6-16-9-17(12-27-16)29-14(3)18-10-21(25)19(11-20(18)24)22-8-15(23(4,5)26)7-13(2)28-22/h7-8,10-12,14,16,27,29H,6,9H2,1-5H3/t14?,16-/m0/s1. The van der Waals surface area contributed by atoms with Crippen LogP contribution in [-0.4, -0.2) is 11.0 Å². The van der Waals surface area contributed by atoms with Crippen molar-refractivity contribution < 1.29 is 13.2 Å². The van der Waals surface area contributed by atoms with Crippen molar-refractivity contribution in [2.24, 2.45) is 0 Å². The molecule has 2 atom stereocenters. The molecule has 0 saturated carbocycles. The Kier molecular flexibility index (Phi) is 5.92. The van der Waals surface area contributed by atoms with Crippen molar-refractivity contribution in [3.63, 3.8) is 0 Å². The molecule has 1 unspecified atom stereocenters. The third-order valence-electron chi connectivity index (χ3n) is 5.32. The fourth-order valence-corrected chi connectivity index (χ4v) is 3.56. The number of nitrogens with one attached hydrogen (secondary N) is 2. The zero-order valence-electron chi connectivity index (χ0n) is 17.5. The lowest BCUT2D eigenvalue weighted by Gasteiger charge is -2.19. The van der Waals surface area contributed by atoms with Crippen LogP contribution in [-0.2, 0) is 5.67 Å². The molecule has 3 nitrogen and oxygen atoms in total. The van der Waals surface area contributed by atoms with Crippen LogP contribution in [0.5, 0.6) is 0 Å². The monoisotopic (exact) mass is 403 g/mol. The molecule has 3 rings (SSSR count). The number of alkyl halides is 1. The van der Waals surface area contributed by atoms with Gasteiger partial charge < -0.3 is 10.6 Å². The second-order valence-electron chi connectivity index (χ2n) is 8.22. The molecule has 0 amide bonds. The summed E-state index contributed by atoms with van der Waals surface area (Å²) in [6.45, 7) is 8.45. The van der Waals surface area contributed by atoms with Gasteiger partial charge in [-0.15, -0.1) is 0 Å². The highest BCUT2D eigenvalue weighted by molar-refractivity contribution is 5.62. The fourth-order valence-electron chi connectivity index (χ4n) is 3.56. The first-order valence-corrected chi connectivity index (χ1v) is 9.97. The van der Waals surface area contributed by atoms with Crippen molar-refractivity contribution in [2.75, 3.05) is 0 Å². The van der Waals surface area contributed by atoms with Gasteiger partial charge in [0.2, 0.25) is 0 Å². The second kappa shape index (κ2) is 8.09. The average Bonchev–Trinajstić information content (AvgIpc) is 3.09.